The Kier molecular flexibility index (Phi) is 6.69. The van der Waals surface area contributed by atoms with Crippen molar-refractivity contribution in [3.8, 4) is 0 Å². The van der Waals surface area contributed by atoms with Crippen LogP contribution < -0.4 is 5.32 Å². The Morgan fingerprint density at radius 2 is 1.80 bits per heavy atom. The number of hydrogen-bond acceptors (Lipinski definition) is 3. The molecule has 0 aromatic rings. The Labute approximate surface area is 99.2 Å². The van der Waals surface area contributed by atoms with E-state index in [-0.39, 0.29) is 0 Å². The summed E-state index contributed by atoms with van der Waals surface area (Å²) in [6.45, 7) is 10.6. The van der Waals surface area contributed by atoms with Crippen molar-refractivity contribution in [2.45, 2.75) is 45.7 Å². The predicted molar refractivity (Wildman–Crippen MR) is 70.7 cm³/mol. The lowest BCUT2D eigenvalue weighted by atomic mass is 10.1. The monoisotopic (exact) mass is 230 g/mol. The first-order chi connectivity index (χ1) is 7.27. The third kappa shape index (κ3) is 4.75. The van der Waals surface area contributed by atoms with Gasteiger partial charge in [-0.05, 0) is 19.8 Å². The number of nitrogens with one attached hydrogen (secondary N) is 1. The van der Waals surface area contributed by atoms with E-state index in [4.69, 9.17) is 0 Å². The number of hydrogen-bond donors (Lipinski definition) is 1. The first-order valence-corrected chi connectivity index (χ1v) is 7.48. The van der Waals surface area contributed by atoms with Gasteiger partial charge in [-0.3, -0.25) is 4.90 Å². The Balaban J connectivity index is 2.18. The van der Waals surface area contributed by atoms with Gasteiger partial charge in [-0.1, -0.05) is 13.8 Å². The normalized spacial score (nSPS) is 20.8. The van der Waals surface area contributed by atoms with Gasteiger partial charge in [0.2, 0.25) is 0 Å². The highest BCUT2D eigenvalue weighted by Gasteiger charge is 2.17. The van der Waals surface area contributed by atoms with Crippen molar-refractivity contribution in [2.75, 3.05) is 31.1 Å². The molecule has 1 heterocycles. The molecule has 3 heteroatoms. The van der Waals surface area contributed by atoms with Crippen LogP contribution in [0.25, 0.3) is 0 Å². The highest BCUT2D eigenvalue weighted by Crippen LogP contribution is 2.11. The molecule has 0 aromatic carbocycles. The van der Waals surface area contributed by atoms with Gasteiger partial charge in [-0.15, -0.1) is 0 Å². The van der Waals surface area contributed by atoms with Crippen LogP contribution in [0.4, 0.5) is 0 Å². The minimum Gasteiger partial charge on any atom is -0.312 e. The summed E-state index contributed by atoms with van der Waals surface area (Å²) in [5, 5.41) is 3.67. The number of thioether (sulfide) groups is 1. The predicted octanol–water partition coefficient (Wildman–Crippen LogP) is 2.20. The summed E-state index contributed by atoms with van der Waals surface area (Å²) in [6.07, 6.45) is 2.50. The highest BCUT2D eigenvalue weighted by atomic mass is 32.2. The molecule has 1 aliphatic rings. The first-order valence-electron chi connectivity index (χ1n) is 6.33. The van der Waals surface area contributed by atoms with Gasteiger partial charge in [0.25, 0.3) is 0 Å². The molecule has 0 amide bonds. The Morgan fingerprint density at radius 3 is 2.33 bits per heavy atom. The summed E-state index contributed by atoms with van der Waals surface area (Å²) >= 11 is 2.09. The molecule has 2 nitrogen and oxygen atoms in total. The highest BCUT2D eigenvalue weighted by molar-refractivity contribution is 7.99. The summed E-state index contributed by atoms with van der Waals surface area (Å²) < 4.78 is 0. The fourth-order valence-electron chi connectivity index (χ4n) is 2.06. The smallest absolute Gasteiger partial charge is 0.0193 e. The van der Waals surface area contributed by atoms with Crippen molar-refractivity contribution in [3.05, 3.63) is 0 Å². The molecule has 1 saturated heterocycles. The molecule has 1 unspecified atom stereocenters. The fourth-order valence-corrected chi connectivity index (χ4v) is 2.99. The summed E-state index contributed by atoms with van der Waals surface area (Å²) in [4.78, 5) is 2.62. The first kappa shape index (κ1) is 13.3. The van der Waals surface area contributed by atoms with E-state index in [1.165, 1.54) is 37.4 Å². The zero-order valence-corrected chi connectivity index (χ0v) is 11.3. The molecule has 0 aliphatic carbocycles. The van der Waals surface area contributed by atoms with Crippen LogP contribution in [-0.2, 0) is 0 Å². The summed E-state index contributed by atoms with van der Waals surface area (Å²) in [5.41, 5.74) is 0. The van der Waals surface area contributed by atoms with Crippen molar-refractivity contribution in [1.29, 1.82) is 0 Å². The van der Waals surface area contributed by atoms with Crippen LogP contribution in [-0.4, -0.2) is 48.1 Å². The molecule has 15 heavy (non-hydrogen) atoms. The third-order valence-electron chi connectivity index (χ3n) is 3.36. The molecule has 0 aromatic heterocycles. The zero-order valence-electron chi connectivity index (χ0n) is 10.5. The second kappa shape index (κ2) is 7.53. The fraction of sp³-hybridized carbons (Fsp3) is 1.00. The van der Waals surface area contributed by atoms with E-state index in [0.717, 1.165) is 6.54 Å². The van der Waals surface area contributed by atoms with Gasteiger partial charge in [0.15, 0.2) is 0 Å². The maximum atomic E-state index is 3.67. The quantitative estimate of drug-likeness (QED) is 0.753. The molecule has 1 fully saturated rings. The van der Waals surface area contributed by atoms with Gasteiger partial charge >= 0.3 is 0 Å². The molecule has 0 spiro atoms. The molecule has 0 saturated carbocycles. The minimum absolute atomic E-state index is 0.700. The average Bonchev–Trinajstić information content (AvgIpc) is 2.31. The van der Waals surface area contributed by atoms with E-state index in [0.29, 0.717) is 12.1 Å². The van der Waals surface area contributed by atoms with Crippen LogP contribution in [0, 0.1) is 0 Å². The van der Waals surface area contributed by atoms with E-state index in [2.05, 4.69) is 42.7 Å². The van der Waals surface area contributed by atoms with Crippen LogP contribution in [0.1, 0.15) is 33.6 Å². The van der Waals surface area contributed by atoms with Crippen molar-refractivity contribution in [3.63, 3.8) is 0 Å². The minimum atomic E-state index is 0.700. The van der Waals surface area contributed by atoms with E-state index in [1.54, 1.807) is 0 Å². The molecule has 1 atom stereocenters. The average molecular weight is 230 g/mol. The SMILES string of the molecule is CCC(CC)NCC(C)N1CCSCC1. The molecule has 1 rings (SSSR count). The molecule has 0 radical (unpaired) electrons. The second-order valence-corrected chi connectivity index (χ2v) is 5.64. The van der Waals surface area contributed by atoms with Crippen LogP contribution in [0.15, 0.2) is 0 Å². The zero-order chi connectivity index (χ0) is 11.1. The summed E-state index contributed by atoms with van der Waals surface area (Å²) in [6, 6.07) is 1.41. The Hall–Kier alpha value is 0.270. The Morgan fingerprint density at radius 1 is 1.20 bits per heavy atom. The van der Waals surface area contributed by atoms with Crippen LogP contribution in [0.3, 0.4) is 0 Å². The standard InChI is InChI=1S/C12H26N2S/c1-4-12(5-2)13-10-11(3)14-6-8-15-9-7-14/h11-13H,4-10H2,1-3H3. The van der Waals surface area contributed by atoms with Crippen molar-refractivity contribution >= 4 is 11.8 Å². The van der Waals surface area contributed by atoms with Gasteiger partial charge < -0.3 is 5.32 Å². The van der Waals surface area contributed by atoms with E-state index in [1.807, 2.05) is 0 Å². The van der Waals surface area contributed by atoms with Gasteiger partial charge in [0.1, 0.15) is 0 Å². The molecule has 90 valence electrons. The van der Waals surface area contributed by atoms with Crippen molar-refractivity contribution in [2.24, 2.45) is 0 Å². The van der Waals surface area contributed by atoms with Crippen LogP contribution in [0.5, 0.6) is 0 Å². The van der Waals surface area contributed by atoms with E-state index in [9.17, 15) is 0 Å². The maximum Gasteiger partial charge on any atom is 0.0193 e. The lowest BCUT2D eigenvalue weighted by molar-refractivity contribution is 0.219. The molecule has 1 aliphatic heterocycles. The lowest BCUT2D eigenvalue weighted by Crippen LogP contribution is -2.46. The molecule has 1 N–H and O–H groups in total. The van der Waals surface area contributed by atoms with E-state index >= 15 is 0 Å². The van der Waals surface area contributed by atoms with Gasteiger partial charge in [-0.2, -0.15) is 11.8 Å². The van der Waals surface area contributed by atoms with Gasteiger partial charge in [0.05, 0.1) is 0 Å². The molecular formula is C12H26N2S. The summed E-state index contributed by atoms with van der Waals surface area (Å²) in [7, 11) is 0. The van der Waals surface area contributed by atoms with Crippen LogP contribution in [0.2, 0.25) is 0 Å². The second-order valence-electron chi connectivity index (χ2n) is 4.42. The lowest BCUT2D eigenvalue weighted by Gasteiger charge is -2.33. The Bertz CT molecular complexity index is 154. The largest absolute Gasteiger partial charge is 0.312 e. The maximum absolute atomic E-state index is 3.67. The van der Waals surface area contributed by atoms with Crippen molar-refractivity contribution in [1.82, 2.24) is 10.2 Å². The summed E-state index contributed by atoms with van der Waals surface area (Å²) in [5.74, 6) is 2.63. The van der Waals surface area contributed by atoms with Crippen molar-refractivity contribution < 1.29 is 0 Å². The number of nitrogens with zero attached hydrogens (tertiary/aromatic N) is 1. The van der Waals surface area contributed by atoms with Crippen LogP contribution >= 0.6 is 11.8 Å². The third-order valence-corrected chi connectivity index (χ3v) is 4.30. The molecular weight excluding hydrogens is 204 g/mol. The van der Waals surface area contributed by atoms with E-state index < -0.39 is 0 Å². The topological polar surface area (TPSA) is 15.3 Å². The van der Waals surface area contributed by atoms with Gasteiger partial charge in [0, 0.05) is 43.2 Å². The number of rotatable bonds is 6. The molecule has 0 bridgehead atoms. The van der Waals surface area contributed by atoms with Gasteiger partial charge in [-0.25, -0.2) is 0 Å².